The van der Waals surface area contributed by atoms with E-state index in [0.29, 0.717) is 6.42 Å². The maximum Gasteiger partial charge on any atom is 0.264 e. The van der Waals surface area contributed by atoms with Crippen molar-refractivity contribution in [2.45, 2.75) is 90.4 Å². The quantitative estimate of drug-likeness (QED) is 0.294. The van der Waals surface area contributed by atoms with Crippen molar-refractivity contribution in [3.63, 3.8) is 0 Å². The van der Waals surface area contributed by atoms with Crippen molar-refractivity contribution in [2.24, 2.45) is 0 Å². The van der Waals surface area contributed by atoms with Crippen LogP contribution in [-0.4, -0.2) is 18.7 Å². The lowest BCUT2D eigenvalue weighted by atomic mass is 10.1. The summed E-state index contributed by atoms with van der Waals surface area (Å²) < 4.78 is 29.5. The Labute approximate surface area is 156 Å². The zero-order valence-corrected chi connectivity index (χ0v) is 16.9. The van der Waals surface area contributed by atoms with Crippen LogP contribution in [0.25, 0.3) is 0 Å². The lowest BCUT2D eigenvalue weighted by molar-refractivity contribution is 0.478. The minimum atomic E-state index is -3.74. The number of rotatable bonds is 14. The van der Waals surface area contributed by atoms with Gasteiger partial charge >= 0.3 is 0 Å². The molecule has 1 aromatic rings. The second-order valence-corrected chi connectivity index (χ2v) is 8.26. The third-order valence-corrected chi connectivity index (χ3v) is 4.98. The third-order valence-electron chi connectivity index (χ3n) is 4.17. The molecule has 146 valence electrons. The van der Waals surface area contributed by atoms with Gasteiger partial charge in [0.05, 0.1) is 5.75 Å². The summed E-state index contributed by atoms with van der Waals surface area (Å²) in [5.74, 6) is -0.0786. The fourth-order valence-electron chi connectivity index (χ4n) is 2.69. The Morgan fingerprint density at radius 1 is 0.560 bits per heavy atom. The topological polar surface area (TPSA) is 54.4 Å². The Bertz CT molecular complexity index is 431. The lowest BCUT2D eigenvalue weighted by Gasteiger charge is -2.02. The highest BCUT2D eigenvalue weighted by atomic mass is 32.2. The molecule has 0 saturated carbocycles. The van der Waals surface area contributed by atoms with E-state index in [1.165, 1.54) is 64.2 Å². The fourth-order valence-corrected chi connectivity index (χ4v) is 3.26. The first kappa shape index (κ1) is 24.1. The van der Waals surface area contributed by atoms with Crippen LogP contribution < -0.4 is 0 Å². The van der Waals surface area contributed by atoms with Crippen molar-refractivity contribution in [2.75, 3.05) is 5.75 Å². The van der Waals surface area contributed by atoms with Gasteiger partial charge in [-0.25, -0.2) is 0 Å². The van der Waals surface area contributed by atoms with Crippen molar-refractivity contribution in [1.29, 1.82) is 0 Å². The summed E-state index contributed by atoms with van der Waals surface area (Å²) >= 11 is 0. The van der Waals surface area contributed by atoms with E-state index >= 15 is 0 Å². The molecule has 0 aromatic heterocycles. The molecule has 0 fully saturated rings. The Morgan fingerprint density at radius 3 is 1.12 bits per heavy atom. The van der Waals surface area contributed by atoms with Crippen LogP contribution in [0.4, 0.5) is 0 Å². The largest absolute Gasteiger partial charge is 0.286 e. The van der Waals surface area contributed by atoms with E-state index in [1.807, 2.05) is 36.4 Å². The maximum absolute atomic E-state index is 10.5. The van der Waals surface area contributed by atoms with E-state index in [4.69, 9.17) is 4.55 Å². The summed E-state index contributed by atoms with van der Waals surface area (Å²) in [4.78, 5) is 0. The van der Waals surface area contributed by atoms with Crippen LogP contribution in [0, 0.1) is 0 Å². The minimum Gasteiger partial charge on any atom is -0.286 e. The highest BCUT2D eigenvalue weighted by Gasteiger charge is 2.02. The summed E-state index contributed by atoms with van der Waals surface area (Å²) in [7, 11) is -3.74. The average Bonchev–Trinajstić information content (AvgIpc) is 2.60. The SMILES string of the molecule is CCCCCCCCCCCCCCCS(=O)(=O)O.c1ccccc1. The highest BCUT2D eigenvalue weighted by Crippen LogP contribution is 2.12. The molecule has 0 amide bonds. The summed E-state index contributed by atoms with van der Waals surface area (Å²) in [6, 6.07) is 12.0. The first-order chi connectivity index (χ1) is 12.1. The molecular formula is C21H38O3S. The van der Waals surface area contributed by atoms with Gasteiger partial charge in [-0.2, -0.15) is 8.42 Å². The minimum absolute atomic E-state index is 0.0786. The van der Waals surface area contributed by atoms with Gasteiger partial charge in [0.25, 0.3) is 10.1 Å². The number of hydrogen-bond donors (Lipinski definition) is 1. The first-order valence-electron chi connectivity index (χ1n) is 10.0. The Balaban J connectivity index is 0.000000796. The van der Waals surface area contributed by atoms with Gasteiger partial charge in [0, 0.05) is 0 Å². The van der Waals surface area contributed by atoms with Gasteiger partial charge in [0.2, 0.25) is 0 Å². The molecule has 1 aromatic carbocycles. The molecule has 0 aliphatic heterocycles. The molecule has 0 atom stereocenters. The van der Waals surface area contributed by atoms with Gasteiger partial charge < -0.3 is 0 Å². The molecule has 0 bridgehead atoms. The van der Waals surface area contributed by atoms with Crippen molar-refractivity contribution < 1.29 is 13.0 Å². The average molecular weight is 371 g/mol. The van der Waals surface area contributed by atoms with Crippen LogP contribution in [-0.2, 0) is 10.1 Å². The van der Waals surface area contributed by atoms with Crippen molar-refractivity contribution in [3.05, 3.63) is 36.4 Å². The molecule has 1 N–H and O–H groups in total. The molecule has 3 nitrogen and oxygen atoms in total. The zero-order valence-electron chi connectivity index (χ0n) is 16.0. The Morgan fingerprint density at radius 2 is 0.840 bits per heavy atom. The van der Waals surface area contributed by atoms with Crippen LogP contribution in [0.1, 0.15) is 90.4 Å². The van der Waals surface area contributed by atoms with E-state index in [-0.39, 0.29) is 5.75 Å². The molecular weight excluding hydrogens is 332 g/mol. The molecule has 0 aliphatic carbocycles. The summed E-state index contributed by atoms with van der Waals surface area (Å²) in [6.07, 6.45) is 15.9. The number of unbranched alkanes of at least 4 members (excludes halogenated alkanes) is 12. The normalized spacial score (nSPS) is 11.0. The van der Waals surface area contributed by atoms with E-state index in [9.17, 15) is 8.42 Å². The van der Waals surface area contributed by atoms with Crippen LogP contribution >= 0.6 is 0 Å². The second-order valence-electron chi connectivity index (χ2n) is 6.68. The maximum atomic E-state index is 10.5. The van der Waals surface area contributed by atoms with Gasteiger partial charge in [0.15, 0.2) is 0 Å². The van der Waals surface area contributed by atoms with Crippen molar-refractivity contribution in [3.8, 4) is 0 Å². The summed E-state index contributed by atoms with van der Waals surface area (Å²) in [6.45, 7) is 2.25. The summed E-state index contributed by atoms with van der Waals surface area (Å²) in [5.41, 5.74) is 0. The predicted molar refractivity (Wildman–Crippen MR) is 109 cm³/mol. The van der Waals surface area contributed by atoms with Crippen molar-refractivity contribution >= 4 is 10.1 Å². The van der Waals surface area contributed by atoms with Gasteiger partial charge in [0.1, 0.15) is 0 Å². The molecule has 0 spiro atoms. The van der Waals surface area contributed by atoms with E-state index in [0.717, 1.165) is 12.8 Å². The standard InChI is InChI=1S/C15H32O3S.C6H6/c1-2-3-4-5-6-7-8-9-10-11-12-13-14-15-19(16,17)18;1-2-4-6-5-3-1/h2-15H2,1H3,(H,16,17,18);1-6H. The third kappa shape index (κ3) is 23.1. The molecule has 0 radical (unpaired) electrons. The number of hydrogen-bond acceptors (Lipinski definition) is 2. The van der Waals surface area contributed by atoms with E-state index < -0.39 is 10.1 Å². The summed E-state index contributed by atoms with van der Waals surface area (Å²) in [5, 5.41) is 0. The van der Waals surface area contributed by atoms with Gasteiger partial charge in [-0.15, -0.1) is 0 Å². The highest BCUT2D eigenvalue weighted by molar-refractivity contribution is 7.85. The molecule has 25 heavy (non-hydrogen) atoms. The monoisotopic (exact) mass is 370 g/mol. The predicted octanol–water partition coefficient (Wildman–Crippen LogP) is 6.65. The van der Waals surface area contributed by atoms with Crippen LogP contribution in [0.5, 0.6) is 0 Å². The molecule has 0 aliphatic rings. The molecule has 1 rings (SSSR count). The van der Waals surface area contributed by atoms with E-state index in [2.05, 4.69) is 6.92 Å². The fraction of sp³-hybridized carbons (Fsp3) is 0.714. The Hall–Kier alpha value is -0.870. The zero-order chi connectivity index (χ0) is 18.6. The number of benzene rings is 1. The lowest BCUT2D eigenvalue weighted by Crippen LogP contribution is -2.03. The Kier molecular flexibility index (Phi) is 17.3. The molecule has 0 unspecified atom stereocenters. The van der Waals surface area contributed by atoms with Crippen LogP contribution in [0.2, 0.25) is 0 Å². The second kappa shape index (κ2) is 17.9. The van der Waals surface area contributed by atoms with Crippen molar-refractivity contribution in [1.82, 2.24) is 0 Å². The molecule has 4 heteroatoms. The molecule has 0 saturated heterocycles. The van der Waals surface area contributed by atoms with Gasteiger partial charge in [-0.1, -0.05) is 120 Å². The molecule has 0 heterocycles. The van der Waals surface area contributed by atoms with Gasteiger partial charge in [-0.05, 0) is 6.42 Å². The van der Waals surface area contributed by atoms with Crippen LogP contribution in [0.15, 0.2) is 36.4 Å². The van der Waals surface area contributed by atoms with Gasteiger partial charge in [-0.3, -0.25) is 4.55 Å². The van der Waals surface area contributed by atoms with Crippen LogP contribution in [0.3, 0.4) is 0 Å². The van der Waals surface area contributed by atoms with E-state index in [1.54, 1.807) is 0 Å². The first-order valence-corrected chi connectivity index (χ1v) is 11.6. The smallest absolute Gasteiger partial charge is 0.264 e.